The molecule has 0 spiro atoms. The van der Waals surface area contributed by atoms with Crippen LogP contribution in [0.3, 0.4) is 0 Å². The molecule has 11 heteroatoms. The fourth-order valence-corrected chi connectivity index (χ4v) is 2.19. The van der Waals surface area contributed by atoms with E-state index in [0.717, 1.165) is 12.1 Å². The Labute approximate surface area is 129 Å². The summed E-state index contributed by atoms with van der Waals surface area (Å²) in [6.45, 7) is -1.35. The van der Waals surface area contributed by atoms with Crippen LogP contribution >= 0.6 is 7.82 Å². The summed E-state index contributed by atoms with van der Waals surface area (Å²) in [7, 11) is -4.78. The molecular weight excluding hydrogens is 342 g/mol. The lowest BCUT2D eigenvalue weighted by Gasteiger charge is -2.27. The molecule has 1 unspecified atom stereocenters. The van der Waals surface area contributed by atoms with Gasteiger partial charge in [0.15, 0.2) is 0 Å². The van der Waals surface area contributed by atoms with Gasteiger partial charge in [-0.05, 0) is 30.5 Å². The number of halogens is 3. The van der Waals surface area contributed by atoms with Gasteiger partial charge in [-0.2, -0.15) is 13.2 Å². The Morgan fingerprint density at radius 2 is 1.87 bits per heavy atom. The molecule has 0 aliphatic rings. The maximum absolute atomic E-state index is 12.7. The van der Waals surface area contributed by atoms with Gasteiger partial charge in [-0.1, -0.05) is 6.07 Å². The number of benzene rings is 1. The maximum atomic E-state index is 12.7. The van der Waals surface area contributed by atoms with Crippen molar-refractivity contribution in [2.24, 2.45) is 5.73 Å². The van der Waals surface area contributed by atoms with E-state index >= 15 is 0 Å². The van der Waals surface area contributed by atoms with Crippen molar-refractivity contribution in [1.29, 1.82) is 0 Å². The van der Waals surface area contributed by atoms with Crippen molar-refractivity contribution >= 4 is 7.82 Å². The van der Waals surface area contributed by atoms with E-state index in [0.29, 0.717) is 0 Å². The number of rotatable bonds is 7. The smallest absolute Gasteiger partial charge is 0.469 e. The number of phosphoric ester groups is 1. The first-order chi connectivity index (χ1) is 10.4. The molecule has 0 bridgehead atoms. The first-order valence-corrected chi connectivity index (χ1v) is 7.88. The third-order valence-electron chi connectivity index (χ3n) is 3.11. The zero-order chi connectivity index (χ0) is 17.9. The summed E-state index contributed by atoms with van der Waals surface area (Å²) >= 11 is 0. The Balaban J connectivity index is 2.81. The molecule has 132 valence electrons. The van der Waals surface area contributed by atoms with Gasteiger partial charge in [0, 0.05) is 0 Å². The molecule has 0 saturated heterocycles. The topological polar surface area (TPSA) is 133 Å². The number of alkyl halides is 3. The lowest BCUT2D eigenvalue weighted by molar-refractivity contribution is -0.138. The molecule has 0 fully saturated rings. The van der Waals surface area contributed by atoms with E-state index in [1.54, 1.807) is 0 Å². The summed E-state index contributed by atoms with van der Waals surface area (Å²) in [6, 6.07) is 2.89. The minimum atomic E-state index is -4.78. The second-order valence-electron chi connectivity index (χ2n) is 5.13. The van der Waals surface area contributed by atoms with Crippen LogP contribution in [0.25, 0.3) is 0 Å². The number of aliphatic hydroxyl groups excluding tert-OH is 1. The fraction of sp³-hybridized carbons (Fsp3) is 0.500. The van der Waals surface area contributed by atoms with Crippen molar-refractivity contribution in [3.8, 4) is 5.75 Å². The molecule has 1 aromatic carbocycles. The minimum absolute atomic E-state index is 0.0229. The lowest BCUT2D eigenvalue weighted by atomic mass is 9.93. The lowest BCUT2D eigenvalue weighted by Crippen LogP contribution is -2.48. The van der Waals surface area contributed by atoms with Gasteiger partial charge >= 0.3 is 14.0 Å². The number of aryl methyl sites for hydroxylation is 1. The summed E-state index contributed by atoms with van der Waals surface area (Å²) in [5, 5.41) is 18.4. The van der Waals surface area contributed by atoms with E-state index in [1.165, 1.54) is 6.07 Å². The van der Waals surface area contributed by atoms with Crippen LogP contribution < -0.4 is 5.73 Å². The fourth-order valence-electron chi connectivity index (χ4n) is 1.77. The van der Waals surface area contributed by atoms with Crippen molar-refractivity contribution in [3.63, 3.8) is 0 Å². The predicted molar refractivity (Wildman–Crippen MR) is 73.4 cm³/mol. The molecule has 0 saturated carbocycles. The van der Waals surface area contributed by atoms with Gasteiger partial charge in [0.25, 0.3) is 0 Å². The molecule has 6 N–H and O–H groups in total. The number of nitrogens with two attached hydrogens (primary N) is 1. The van der Waals surface area contributed by atoms with E-state index in [2.05, 4.69) is 4.52 Å². The van der Waals surface area contributed by atoms with Crippen LogP contribution in [0.15, 0.2) is 18.2 Å². The largest absolute Gasteiger partial charge is 0.507 e. The molecule has 0 radical (unpaired) electrons. The Bertz CT molecular complexity index is 591. The standard InChI is InChI=1S/C12H17F3NO6P/c13-12(14,15)9-5-8(1-2-10(9)18)3-4-11(16,6-17)7-22-23(19,20)21/h1-2,5,17-18H,3-4,6-7,16H2,(H2,19,20,21). The van der Waals surface area contributed by atoms with Crippen LogP contribution in [0, 0.1) is 0 Å². The van der Waals surface area contributed by atoms with E-state index in [-0.39, 0.29) is 18.4 Å². The van der Waals surface area contributed by atoms with Gasteiger partial charge in [-0.3, -0.25) is 4.52 Å². The predicted octanol–water partition coefficient (Wildman–Crippen LogP) is 1.14. The SMILES string of the molecule is NC(CO)(CCc1ccc(O)c(C(F)(F)F)c1)COP(=O)(O)O. The molecule has 1 atom stereocenters. The van der Waals surface area contributed by atoms with E-state index in [4.69, 9.17) is 15.5 Å². The van der Waals surface area contributed by atoms with E-state index < -0.39 is 44.1 Å². The Morgan fingerprint density at radius 3 is 2.35 bits per heavy atom. The average molecular weight is 359 g/mol. The zero-order valence-electron chi connectivity index (χ0n) is 11.8. The highest BCUT2D eigenvalue weighted by Gasteiger charge is 2.34. The van der Waals surface area contributed by atoms with Gasteiger partial charge in [0.1, 0.15) is 5.75 Å². The van der Waals surface area contributed by atoms with Crippen molar-refractivity contribution in [2.75, 3.05) is 13.2 Å². The van der Waals surface area contributed by atoms with Crippen LogP contribution in [0.1, 0.15) is 17.5 Å². The molecule has 0 amide bonds. The third kappa shape index (κ3) is 6.46. The van der Waals surface area contributed by atoms with Gasteiger partial charge < -0.3 is 25.7 Å². The Hall–Kier alpha value is -1.16. The number of phenolic OH excluding ortho intramolecular Hbond substituents is 1. The second kappa shape index (κ2) is 7.16. The van der Waals surface area contributed by atoms with E-state index in [9.17, 15) is 27.9 Å². The number of hydrogen-bond acceptors (Lipinski definition) is 5. The van der Waals surface area contributed by atoms with Crippen molar-refractivity contribution < 1.29 is 42.3 Å². The van der Waals surface area contributed by atoms with Crippen molar-refractivity contribution in [1.82, 2.24) is 0 Å². The zero-order valence-corrected chi connectivity index (χ0v) is 12.7. The molecule has 0 aliphatic carbocycles. The summed E-state index contributed by atoms with van der Waals surface area (Å²) in [4.78, 5) is 17.2. The monoisotopic (exact) mass is 359 g/mol. The Morgan fingerprint density at radius 1 is 1.26 bits per heavy atom. The normalized spacial score (nSPS) is 15.4. The van der Waals surface area contributed by atoms with Crippen LogP contribution in [0.2, 0.25) is 0 Å². The van der Waals surface area contributed by atoms with Crippen LogP contribution in [-0.4, -0.2) is 38.8 Å². The van der Waals surface area contributed by atoms with Crippen LogP contribution in [0.4, 0.5) is 13.2 Å². The number of hydrogen-bond donors (Lipinski definition) is 5. The van der Waals surface area contributed by atoms with Gasteiger partial charge in [-0.15, -0.1) is 0 Å². The molecular formula is C12H17F3NO6P. The number of phosphoric acid groups is 1. The molecule has 1 aromatic rings. The number of phenols is 1. The quantitative estimate of drug-likeness (QED) is 0.461. The first kappa shape index (κ1) is 19.9. The van der Waals surface area contributed by atoms with Crippen LogP contribution in [-0.2, 0) is 21.7 Å². The highest BCUT2D eigenvalue weighted by atomic mass is 31.2. The molecule has 0 aliphatic heterocycles. The highest BCUT2D eigenvalue weighted by Crippen LogP contribution is 2.38. The third-order valence-corrected chi connectivity index (χ3v) is 3.58. The minimum Gasteiger partial charge on any atom is -0.507 e. The average Bonchev–Trinajstić information content (AvgIpc) is 2.42. The van der Waals surface area contributed by atoms with Crippen molar-refractivity contribution in [3.05, 3.63) is 29.3 Å². The van der Waals surface area contributed by atoms with Crippen molar-refractivity contribution in [2.45, 2.75) is 24.6 Å². The second-order valence-corrected chi connectivity index (χ2v) is 6.37. The highest BCUT2D eigenvalue weighted by molar-refractivity contribution is 7.46. The molecule has 0 heterocycles. The van der Waals surface area contributed by atoms with Gasteiger partial charge in [0.2, 0.25) is 0 Å². The molecule has 7 nitrogen and oxygen atoms in total. The number of aliphatic hydroxyl groups is 1. The molecule has 0 aromatic heterocycles. The van der Waals surface area contributed by atoms with E-state index in [1.807, 2.05) is 0 Å². The molecule has 1 rings (SSSR count). The maximum Gasteiger partial charge on any atom is 0.469 e. The summed E-state index contributed by atoms with van der Waals surface area (Å²) in [6.07, 6.45) is -4.84. The Kier molecular flexibility index (Phi) is 6.19. The summed E-state index contributed by atoms with van der Waals surface area (Å²) in [5.41, 5.74) is 3.17. The van der Waals surface area contributed by atoms with Gasteiger partial charge in [-0.25, -0.2) is 4.57 Å². The summed E-state index contributed by atoms with van der Waals surface area (Å²) < 4.78 is 52.9. The number of aromatic hydroxyl groups is 1. The first-order valence-electron chi connectivity index (χ1n) is 6.35. The van der Waals surface area contributed by atoms with Crippen LogP contribution in [0.5, 0.6) is 5.75 Å². The summed E-state index contributed by atoms with van der Waals surface area (Å²) in [5.74, 6) is -0.910. The molecule has 23 heavy (non-hydrogen) atoms. The van der Waals surface area contributed by atoms with Gasteiger partial charge in [0.05, 0.1) is 24.3 Å².